The van der Waals surface area contributed by atoms with Gasteiger partial charge in [-0.1, -0.05) is 18.2 Å². The van der Waals surface area contributed by atoms with Gasteiger partial charge in [0.2, 0.25) is 11.6 Å². The van der Waals surface area contributed by atoms with Crippen LogP contribution in [-0.2, 0) is 6.61 Å². The van der Waals surface area contributed by atoms with Crippen molar-refractivity contribution >= 4 is 23.2 Å². The van der Waals surface area contributed by atoms with Gasteiger partial charge >= 0.3 is 0 Å². The number of thiophene rings is 1. The lowest BCUT2D eigenvalue weighted by molar-refractivity contribution is 0.105. The average molecular weight is 422 g/mol. The molecule has 0 saturated heterocycles. The lowest BCUT2D eigenvalue weighted by Gasteiger charge is -2.13. The van der Waals surface area contributed by atoms with E-state index in [9.17, 15) is 22.4 Å². The first-order valence-electron chi connectivity index (χ1n) is 8.29. The molecule has 0 saturated carbocycles. The van der Waals surface area contributed by atoms with Crippen LogP contribution in [0.25, 0.3) is 6.08 Å². The number of hydrogen-bond donors (Lipinski definition) is 0. The molecule has 0 aliphatic heterocycles. The lowest BCUT2D eigenvalue weighted by Crippen LogP contribution is -2.05. The Kier molecular flexibility index (Phi) is 6.33. The van der Waals surface area contributed by atoms with Crippen LogP contribution in [0.15, 0.2) is 47.9 Å². The van der Waals surface area contributed by atoms with Gasteiger partial charge in [-0.3, -0.25) is 4.79 Å². The Morgan fingerprint density at radius 2 is 1.79 bits per heavy atom. The van der Waals surface area contributed by atoms with E-state index in [1.807, 2.05) is 0 Å². The zero-order valence-electron chi connectivity index (χ0n) is 15.0. The smallest absolute Gasteiger partial charge is 0.203 e. The normalized spacial score (nSPS) is 11.1. The molecule has 3 nitrogen and oxygen atoms in total. The van der Waals surface area contributed by atoms with Crippen LogP contribution in [0.1, 0.15) is 20.8 Å². The van der Waals surface area contributed by atoms with Gasteiger partial charge in [-0.05, 0) is 35.2 Å². The number of methoxy groups -OCH3 is 1. The number of carbonyl (C=O) groups is 1. The van der Waals surface area contributed by atoms with Crippen LogP contribution in [0.4, 0.5) is 17.6 Å². The predicted octanol–water partition coefficient (Wildman–Crippen LogP) is 5.79. The summed E-state index contributed by atoms with van der Waals surface area (Å²) in [4.78, 5) is 12.6. The number of halogens is 4. The van der Waals surface area contributed by atoms with Crippen molar-refractivity contribution in [2.75, 3.05) is 7.11 Å². The average Bonchev–Trinajstić information content (AvgIpc) is 3.25. The highest BCUT2D eigenvalue weighted by Gasteiger charge is 2.21. The van der Waals surface area contributed by atoms with Crippen LogP contribution in [-0.4, -0.2) is 12.9 Å². The Morgan fingerprint density at radius 1 is 1.07 bits per heavy atom. The van der Waals surface area contributed by atoms with Gasteiger partial charge in [0.15, 0.2) is 23.2 Å². The van der Waals surface area contributed by atoms with E-state index in [2.05, 4.69) is 0 Å². The lowest BCUT2D eigenvalue weighted by atomic mass is 10.1. The van der Waals surface area contributed by atoms with E-state index in [-0.39, 0.29) is 11.8 Å². The Morgan fingerprint density at radius 3 is 2.41 bits per heavy atom. The minimum Gasteiger partial charge on any atom is -0.496 e. The number of benzene rings is 2. The number of rotatable bonds is 7. The second kappa shape index (κ2) is 8.91. The van der Waals surface area contributed by atoms with Crippen LogP contribution in [0.5, 0.6) is 11.5 Å². The number of allylic oxidation sites excluding steroid dienone is 1. The third-order valence-corrected chi connectivity index (χ3v) is 4.82. The van der Waals surface area contributed by atoms with Crippen molar-refractivity contribution in [2.24, 2.45) is 0 Å². The van der Waals surface area contributed by atoms with Gasteiger partial charge in [0.25, 0.3) is 0 Å². The molecule has 1 heterocycles. The summed E-state index contributed by atoms with van der Waals surface area (Å²) < 4.78 is 64.3. The highest BCUT2D eigenvalue weighted by Crippen LogP contribution is 2.29. The number of ether oxygens (including phenoxy) is 2. The molecule has 2 aromatic carbocycles. The maximum Gasteiger partial charge on any atom is 0.203 e. The van der Waals surface area contributed by atoms with E-state index in [0.717, 1.165) is 0 Å². The predicted molar refractivity (Wildman–Crippen MR) is 101 cm³/mol. The van der Waals surface area contributed by atoms with E-state index in [0.29, 0.717) is 21.8 Å². The molecule has 0 amide bonds. The van der Waals surface area contributed by atoms with Crippen molar-refractivity contribution in [1.29, 1.82) is 0 Å². The van der Waals surface area contributed by atoms with Crippen molar-refractivity contribution in [3.05, 3.63) is 87.1 Å². The molecule has 3 rings (SSSR count). The molecule has 0 N–H and O–H groups in total. The Hall–Kier alpha value is -3.13. The molecule has 3 aromatic rings. The molecule has 0 bridgehead atoms. The van der Waals surface area contributed by atoms with Gasteiger partial charge in [0.1, 0.15) is 12.4 Å². The molecule has 0 spiro atoms. The number of hydrogen-bond acceptors (Lipinski definition) is 4. The summed E-state index contributed by atoms with van der Waals surface area (Å²) in [6.07, 6.45) is 2.95. The topological polar surface area (TPSA) is 35.5 Å². The summed E-state index contributed by atoms with van der Waals surface area (Å²) in [6.45, 7) is -0.416. The number of ketones is 1. The highest BCUT2D eigenvalue weighted by atomic mass is 32.1. The molecule has 0 fully saturated rings. The van der Waals surface area contributed by atoms with Gasteiger partial charge in [-0.2, -0.15) is 8.78 Å². The van der Waals surface area contributed by atoms with Crippen molar-refractivity contribution < 1.29 is 31.8 Å². The monoisotopic (exact) mass is 422 g/mol. The first-order chi connectivity index (χ1) is 13.9. The second-order valence-corrected chi connectivity index (χ2v) is 6.78. The molecule has 0 aliphatic carbocycles. The largest absolute Gasteiger partial charge is 0.496 e. The van der Waals surface area contributed by atoms with E-state index < -0.39 is 35.6 Å². The van der Waals surface area contributed by atoms with Gasteiger partial charge in [0, 0.05) is 11.6 Å². The SMILES string of the molecule is COc1ccc(/C=C/C(=O)c2cccs2)cc1COc1c(F)c(F)cc(F)c1F. The third-order valence-electron chi connectivity index (χ3n) is 3.94. The summed E-state index contributed by atoms with van der Waals surface area (Å²) in [7, 11) is 1.39. The van der Waals surface area contributed by atoms with Crippen molar-refractivity contribution in [3.63, 3.8) is 0 Å². The van der Waals surface area contributed by atoms with Crippen LogP contribution in [0.3, 0.4) is 0 Å². The third kappa shape index (κ3) is 4.65. The minimum atomic E-state index is -1.62. The van der Waals surface area contributed by atoms with Crippen LogP contribution in [0.2, 0.25) is 0 Å². The standard InChI is InChI=1S/C21H14F4O3S/c1-27-17-7-5-12(4-6-16(26)18-3-2-8-29-18)9-13(17)11-28-21-19(24)14(22)10-15(23)20(21)25/h2-10H,11H2,1H3/b6-4+. The van der Waals surface area contributed by atoms with Crippen LogP contribution >= 0.6 is 11.3 Å². The Labute approximate surface area is 167 Å². The molecule has 0 radical (unpaired) electrons. The summed E-state index contributed by atoms with van der Waals surface area (Å²) >= 11 is 1.31. The van der Waals surface area contributed by atoms with Crippen molar-refractivity contribution in [1.82, 2.24) is 0 Å². The molecule has 1 aromatic heterocycles. The molecule has 8 heteroatoms. The molecular weight excluding hydrogens is 408 g/mol. The number of carbonyl (C=O) groups excluding carboxylic acids is 1. The zero-order valence-corrected chi connectivity index (χ0v) is 15.9. The van der Waals surface area contributed by atoms with E-state index in [1.54, 1.807) is 41.8 Å². The summed E-state index contributed by atoms with van der Waals surface area (Å²) in [5.41, 5.74) is 0.961. The maximum absolute atomic E-state index is 13.8. The van der Waals surface area contributed by atoms with Crippen molar-refractivity contribution in [3.8, 4) is 11.5 Å². The molecular formula is C21H14F4O3S. The molecule has 0 unspecified atom stereocenters. The Balaban J connectivity index is 1.82. The Bertz CT molecular complexity index is 1040. The van der Waals surface area contributed by atoms with E-state index >= 15 is 0 Å². The fourth-order valence-corrected chi connectivity index (χ4v) is 3.16. The second-order valence-electron chi connectivity index (χ2n) is 5.83. The van der Waals surface area contributed by atoms with E-state index in [4.69, 9.17) is 9.47 Å². The van der Waals surface area contributed by atoms with Gasteiger partial charge < -0.3 is 9.47 Å². The minimum absolute atomic E-state index is 0.105. The maximum atomic E-state index is 13.8. The summed E-state index contributed by atoms with van der Waals surface area (Å²) in [6, 6.07) is 8.39. The molecule has 29 heavy (non-hydrogen) atoms. The molecule has 150 valence electrons. The van der Waals surface area contributed by atoms with Gasteiger partial charge in [-0.15, -0.1) is 11.3 Å². The molecule has 0 aliphatic rings. The van der Waals surface area contributed by atoms with Crippen molar-refractivity contribution in [2.45, 2.75) is 6.61 Å². The fourth-order valence-electron chi connectivity index (χ4n) is 2.52. The molecule has 0 atom stereocenters. The quantitative estimate of drug-likeness (QED) is 0.209. The van der Waals surface area contributed by atoms with Crippen LogP contribution < -0.4 is 9.47 Å². The van der Waals surface area contributed by atoms with Crippen LogP contribution in [0, 0.1) is 23.3 Å². The first kappa shape index (κ1) is 20.6. The highest BCUT2D eigenvalue weighted by molar-refractivity contribution is 7.12. The summed E-state index contributed by atoms with van der Waals surface area (Å²) in [5, 5.41) is 1.79. The van der Waals surface area contributed by atoms with Gasteiger partial charge in [-0.25, -0.2) is 8.78 Å². The first-order valence-corrected chi connectivity index (χ1v) is 9.17. The zero-order chi connectivity index (χ0) is 21.0. The summed E-state index contributed by atoms with van der Waals surface area (Å²) in [5.74, 6) is -7.36. The van der Waals surface area contributed by atoms with Gasteiger partial charge in [0.05, 0.1) is 12.0 Å². The van der Waals surface area contributed by atoms with E-state index in [1.165, 1.54) is 24.5 Å². The fraction of sp³-hybridized carbons (Fsp3) is 0.0952.